The van der Waals surface area contributed by atoms with Crippen LogP contribution in [0.3, 0.4) is 0 Å². The summed E-state index contributed by atoms with van der Waals surface area (Å²) in [5.41, 5.74) is 0. The second-order valence-corrected chi connectivity index (χ2v) is 10.7. The van der Waals surface area contributed by atoms with Crippen LogP contribution >= 0.6 is 0 Å². The average molecular weight is 527 g/mol. The van der Waals surface area contributed by atoms with E-state index in [2.05, 4.69) is 19.1 Å². The Kier molecular flexibility index (Phi) is 23.2. The first-order valence-electron chi connectivity index (χ1n) is 15.0. The topological polar surface area (TPSA) is 112 Å². The lowest BCUT2D eigenvalue weighted by Gasteiger charge is -2.39. The van der Waals surface area contributed by atoms with E-state index in [1.807, 2.05) is 0 Å². The first kappa shape index (κ1) is 35.1. The molecule has 0 bridgehead atoms. The third-order valence-electron chi connectivity index (χ3n) is 7.21. The quantitative estimate of drug-likeness (QED) is 0.0555. The van der Waals surface area contributed by atoms with E-state index in [1.165, 1.54) is 51.4 Å². The molecule has 0 spiro atoms. The highest BCUT2D eigenvalue weighted by atomic mass is 16.4. The van der Waals surface area contributed by atoms with Crippen LogP contribution in [0.2, 0.25) is 0 Å². The molecule has 0 amide bonds. The SMILES string of the molecule is CCCCCCCCCC/C=C/CCC[N+](CCCCC(=O)O)(CCCCC(=O)O)CCCCC(=O)O. The Morgan fingerprint density at radius 2 is 0.838 bits per heavy atom. The van der Waals surface area contributed by atoms with Crippen molar-refractivity contribution in [3.63, 3.8) is 0 Å². The van der Waals surface area contributed by atoms with Crippen molar-refractivity contribution in [2.75, 3.05) is 26.2 Å². The predicted octanol–water partition coefficient (Wildman–Crippen LogP) is 7.44. The van der Waals surface area contributed by atoms with Gasteiger partial charge in [-0.2, -0.15) is 0 Å². The van der Waals surface area contributed by atoms with Crippen molar-refractivity contribution in [3.8, 4) is 0 Å². The Hall–Kier alpha value is -1.89. The predicted molar refractivity (Wildman–Crippen MR) is 150 cm³/mol. The van der Waals surface area contributed by atoms with E-state index in [0.29, 0.717) is 19.3 Å². The lowest BCUT2D eigenvalue weighted by Crippen LogP contribution is -2.50. The van der Waals surface area contributed by atoms with Gasteiger partial charge >= 0.3 is 17.9 Å². The minimum atomic E-state index is -0.775. The monoisotopic (exact) mass is 526 g/mol. The van der Waals surface area contributed by atoms with Gasteiger partial charge in [-0.15, -0.1) is 0 Å². The standard InChI is InChI=1S/C30H55NO6/c1-2-3-4-5-6-7-8-9-10-11-12-13-17-24-31(25-18-14-21-28(32)33,26-19-15-22-29(34)35)27-20-16-23-30(36)37/h11-12H,2-10,13-27H2,1H3,(H2-,32,33,34,35,36,37)/p+1/b12-11+. The Balaban J connectivity index is 4.67. The van der Waals surface area contributed by atoms with Crippen LogP contribution in [-0.4, -0.2) is 63.9 Å². The highest BCUT2D eigenvalue weighted by Crippen LogP contribution is 2.19. The zero-order chi connectivity index (χ0) is 27.6. The van der Waals surface area contributed by atoms with E-state index in [-0.39, 0.29) is 19.3 Å². The second-order valence-electron chi connectivity index (χ2n) is 10.7. The summed E-state index contributed by atoms with van der Waals surface area (Å²) in [4.78, 5) is 32.9. The smallest absolute Gasteiger partial charge is 0.303 e. The van der Waals surface area contributed by atoms with Crippen LogP contribution in [-0.2, 0) is 14.4 Å². The molecule has 0 saturated heterocycles. The van der Waals surface area contributed by atoms with Crippen LogP contribution in [0.25, 0.3) is 0 Å². The van der Waals surface area contributed by atoms with Crippen LogP contribution in [0.4, 0.5) is 0 Å². The molecule has 0 aromatic carbocycles. The molecule has 0 aliphatic rings. The number of hydrogen-bond acceptors (Lipinski definition) is 3. The van der Waals surface area contributed by atoms with Crippen molar-refractivity contribution in [2.24, 2.45) is 0 Å². The largest absolute Gasteiger partial charge is 0.481 e. The molecular weight excluding hydrogens is 470 g/mol. The van der Waals surface area contributed by atoms with Gasteiger partial charge in [0, 0.05) is 25.7 Å². The molecular formula is C30H56NO6+. The number of unbranched alkanes of at least 4 members (excludes halogenated alkanes) is 12. The summed E-state index contributed by atoms with van der Waals surface area (Å²) >= 11 is 0. The fourth-order valence-electron chi connectivity index (χ4n) is 5.02. The molecule has 0 unspecified atom stereocenters. The third kappa shape index (κ3) is 24.2. The van der Waals surface area contributed by atoms with E-state index >= 15 is 0 Å². The van der Waals surface area contributed by atoms with Gasteiger partial charge in [-0.05, 0) is 57.8 Å². The fraction of sp³-hybridized carbons (Fsp3) is 0.833. The van der Waals surface area contributed by atoms with E-state index in [4.69, 9.17) is 15.3 Å². The minimum absolute atomic E-state index is 0.166. The summed E-state index contributed by atoms with van der Waals surface area (Å²) in [5.74, 6) is -2.33. The van der Waals surface area contributed by atoms with Crippen LogP contribution in [0, 0.1) is 0 Å². The van der Waals surface area contributed by atoms with Crippen molar-refractivity contribution in [2.45, 2.75) is 135 Å². The van der Waals surface area contributed by atoms with Crippen LogP contribution in [0.15, 0.2) is 12.2 Å². The van der Waals surface area contributed by atoms with E-state index in [9.17, 15) is 14.4 Å². The lowest BCUT2D eigenvalue weighted by atomic mass is 10.1. The molecule has 216 valence electrons. The van der Waals surface area contributed by atoms with Gasteiger partial charge in [0.2, 0.25) is 0 Å². The summed E-state index contributed by atoms with van der Waals surface area (Å²) in [6, 6.07) is 0. The lowest BCUT2D eigenvalue weighted by molar-refractivity contribution is -0.929. The first-order valence-corrected chi connectivity index (χ1v) is 15.0. The minimum Gasteiger partial charge on any atom is -0.481 e. The van der Waals surface area contributed by atoms with Gasteiger partial charge in [0.1, 0.15) is 0 Å². The van der Waals surface area contributed by atoms with Crippen molar-refractivity contribution in [3.05, 3.63) is 12.2 Å². The molecule has 7 heteroatoms. The number of carbonyl (C=O) groups is 3. The van der Waals surface area contributed by atoms with Gasteiger partial charge in [-0.1, -0.05) is 64.0 Å². The first-order chi connectivity index (χ1) is 17.8. The number of rotatable bonds is 28. The summed E-state index contributed by atoms with van der Waals surface area (Å²) in [5, 5.41) is 27.0. The highest BCUT2D eigenvalue weighted by molar-refractivity contribution is 5.67. The summed E-state index contributed by atoms with van der Waals surface area (Å²) < 4.78 is 0.838. The Morgan fingerprint density at radius 1 is 0.486 bits per heavy atom. The second kappa shape index (κ2) is 24.4. The third-order valence-corrected chi connectivity index (χ3v) is 7.21. The molecule has 0 saturated carbocycles. The Labute approximate surface area is 225 Å². The molecule has 0 rings (SSSR count). The maximum atomic E-state index is 11.0. The van der Waals surface area contributed by atoms with Crippen molar-refractivity contribution < 1.29 is 34.2 Å². The maximum Gasteiger partial charge on any atom is 0.303 e. The van der Waals surface area contributed by atoms with Crippen LogP contribution in [0.1, 0.15) is 135 Å². The molecule has 0 atom stereocenters. The van der Waals surface area contributed by atoms with E-state index in [0.717, 1.165) is 69.2 Å². The van der Waals surface area contributed by atoms with Gasteiger partial charge in [0.05, 0.1) is 26.2 Å². The normalized spacial score (nSPS) is 11.8. The van der Waals surface area contributed by atoms with Crippen molar-refractivity contribution in [1.82, 2.24) is 0 Å². The highest BCUT2D eigenvalue weighted by Gasteiger charge is 2.26. The van der Waals surface area contributed by atoms with Gasteiger partial charge < -0.3 is 19.8 Å². The van der Waals surface area contributed by atoms with E-state index < -0.39 is 17.9 Å². The molecule has 0 aliphatic heterocycles. The van der Waals surface area contributed by atoms with Gasteiger partial charge in [0.25, 0.3) is 0 Å². The molecule has 0 heterocycles. The van der Waals surface area contributed by atoms with Crippen LogP contribution in [0.5, 0.6) is 0 Å². The molecule has 7 nitrogen and oxygen atoms in total. The van der Waals surface area contributed by atoms with Crippen molar-refractivity contribution >= 4 is 17.9 Å². The molecule has 0 aromatic heterocycles. The summed E-state index contributed by atoms with van der Waals surface area (Å²) in [6.45, 7) is 5.83. The Bertz CT molecular complexity index is 564. The molecule has 0 aromatic rings. The number of quaternary nitrogens is 1. The maximum absolute atomic E-state index is 11.0. The number of hydrogen-bond donors (Lipinski definition) is 3. The number of aliphatic carboxylic acids is 3. The zero-order valence-corrected chi connectivity index (χ0v) is 23.6. The Morgan fingerprint density at radius 3 is 1.24 bits per heavy atom. The number of allylic oxidation sites excluding steroid dienone is 2. The molecule has 0 aliphatic carbocycles. The molecule has 0 fully saturated rings. The van der Waals surface area contributed by atoms with Gasteiger partial charge in [-0.25, -0.2) is 0 Å². The zero-order valence-electron chi connectivity index (χ0n) is 23.6. The van der Waals surface area contributed by atoms with Gasteiger partial charge in [-0.3, -0.25) is 14.4 Å². The number of nitrogens with zero attached hydrogens (tertiary/aromatic N) is 1. The average Bonchev–Trinajstić information content (AvgIpc) is 2.84. The number of carboxylic acids is 3. The molecule has 3 N–H and O–H groups in total. The fourth-order valence-corrected chi connectivity index (χ4v) is 5.02. The van der Waals surface area contributed by atoms with Gasteiger partial charge in [0.15, 0.2) is 0 Å². The van der Waals surface area contributed by atoms with Crippen molar-refractivity contribution in [1.29, 1.82) is 0 Å². The van der Waals surface area contributed by atoms with E-state index in [1.54, 1.807) is 0 Å². The summed E-state index contributed by atoms with van der Waals surface area (Å²) in [6.07, 6.45) is 23.3. The molecule has 0 radical (unpaired) electrons. The summed E-state index contributed by atoms with van der Waals surface area (Å²) in [7, 11) is 0. The molecule has 37 heavy (non-hydrogen) atoms. The number of carboxylic acid groups (broad SMARTS) is 3. The van der Waals surface area contributed by atoms with Crippen LogP contribution < -0.4 is 0 Å².